The first-order chi connectivity index (χ1) is 8.49. The Bertz CT molecular complexity index is 389. The number of methoxy groups -OCH3 is 2. The molecule has 0 unspecified atom stereocenters. The largest absolute Gasteiger partial charge is 0.467 e. The van der Waals surface area contributed by atoms with Crippen LogP contribution < -0.4 is 0 Å². The van der Waals surface area contributed by atoms with E-state index >= 15 is 0 Å². The average molecular weight is 257 g/mol. The van der Waals surface area contributed by atoms with Gasteiger partial charge >= 0.3 is 18.0 Å². The zero-order valence-corrected chi connectivity index (χ0v) is 10.5. The monoisotopic (exact) mass is 257 g/mol. The lowest BCUT2D eigenvalue weighted by atomic mass is 10.1. The van der Waals surface area contributed by atoms with Gasteiger partial charge in [-0.25, -0.2) is 9.59 Å². The molecule has 0 saturated heterocycles. The van der Waals surface area contributed by atoms with Crippen LogP contribution in [0.5, 0.6) is 0 Å². The number of hydrogen-bond acceptors (Lipinski definition) is 6. The van der Waals surface area contributed by atoms with E-state index in [0.717, 1.165) is 4.90 Å². The van der Waals surface area contributed by atoms with Crippen molar-refractivity contribution in [2.75, 3.05) is 14.2 Å². The number of esters is 2. The molecular weight excluding hydrogens is 242 g/mol. The SMILES string of the molecule is COC(=O)[C@@H]1CCC(OC(C)=O)=CN1C(=O)OC. The molecule has 7 heteroatoms. The molecule has 1 heterocycles. The number of ether oxygens (including phenoxy) is 3. The van der Waals surface area contributed by atoms with E-state index in [0.29, 0.717) is 18.6 Å². The molecule has 0 fully saturated rings. The van der Waals surface area contributed by atoms with Crippen molar-refractivity contribution in [3.05, 3.63) is 12.0 Å². The highest BCUT2D eigenvalue weighted by Gasteiger charge is 2.34. The van der Waals surface area contributed by atoms with Gasteiger partial charge in [0.1, 0.15) is 11.8 Å². The van der Waals surface area contributed by atoms with E-state index in [2.05, 4.69) is 9.47 Å². The van der Waals surface area contributed by atoms with Crippen molar-refractivity contribution in [3.63, 3.8) is 0 Å². The van der Waals surface area contributed by atoms with E-state index in [1.54, 1.807) is 0 Å². The molecule has 0 aromatic rings. The fraction of sp³-hybridized carbons (Fsp3) is 0.545. The van der Waals surface area contributed by atoms with Crippen LogP contribution in [0.25, 0.3) is 0 Å². The molecule has 18 heavy (non-hydrogen) atoms. The summed E-state index contributed by atoms with van der Waals surface area (Å²) in [6.07, 6.45) is 1.25. The van der Waals surface area contributed by atoms with Gasteiger partial charge in [-0.15, -0.1) is 0 Å². The van der Waals surface area contributed by atoms with Gasteiger partial charge in [-0.3, -0.25) is 9.69 Å². The molecule has 0 N–H and O–H groups in total. The van der Waals surface area contributed by atoms with Crippen LogP contribution in [0.4, 0.5) is 4.79 Å². The predicted molar refractivity (Wildman–Crippen MR) is 59.1 cm³/mol. The van der Waals surface area contributed by atoms with Gasteiger partial charge in [0.05, 0.1) is 14.2 Å². The zero-order valence-electron chi connectivity index (χ0n) is 10.5. The molecule has 0 aromatic heterocycles. The number of hydrogen-bond donors (Lipinski definition) is 0. The third-order valence-electron chi connectivity index (χ3n) is 2.42. The smallest absolute Gasteiger partial charge is 0.414 e. The predicted octanol–water partition coefficient (Wildman–Crippen LogP) is 0.795. The third kappa shape index (κ3) is 3.22. The van der Waals surface area contributed by atoms with Gasteiger partial charge < -0.3 is 14.2 Å². The number of carbonyl (C=O) groups excluding carboxylic acids is 3. The molecule has 0 aromatic carbocycles. The second kappa shape index (κ2) is 6.04. The Morgan fingerprint density at radius 2 is 1.94 bits per heavy atom. The minimum Gasteiger partial charge on any atom is -0.467 e. The molecule has 1 amide bonds. The summed E-state index contributed by atoms with van der Waals surface area (Å²) in [6, 6.07) is -0.762. The van der Waals surface area contributed by atoms with Crippen LogP contribution in [-0.4, -0.2) is 43.2 Å². The fourth-order valence-electron chi connectivity index (χ4n) is 1.64. The van der Waals surface area contributed by atoms with Gasteiger partial charge in [0.25, 0.3) is 0 Å². The number of nitrogens with zero attached hydrogens (tertiary/aromatic N) is 1. The molecule has 0 radical (unpaired) electrons. The molecule has 0 spiro atoms. The van der Waals surface area contributed by atoms with Crippen LogP contribution in [-0.2, 0) is 23.8 Å². The first kappa shape index (κ1) is 14.0. The molecule has 1 aliphatic heterocycles. The minimum atomic E-state index is -0.762. The van der Waals surface area contributed by atoms with Gasteiger partial charge in [-0.2, -0.15) is 0 Å². The Kier molecular flexibility index (Phi) is 4.70. The lowest BCUT2D eigenvalue weighted by Crippen LogP contribution is -2.44. The van der Waals surface area contributed by atoms with Crippen molar-refractivity contribution in [1.82, 2.24) is 4.90 Å². The molecule has 0 saturated carbocycles. The van der Waals surface area contributed by atoms with Crippen molar-refractivity contribution in [3.8, 4) is 0 Å². The van der Waals surface area contributed by atoms with Gasteiger partial charge in [-0.1, -0.05) is 0 Å². The van der Waals surface area contributed by atoms with Gasteiger partial charge in [0.15, 0.2) is 0 Å². The molecule has 7 nitrogen and oxygen atoms in total. The number of allylic oxidation sites excluding steroid dienone is 1. The van der Waals surface area contributed by atoms with Crippen LogP contribution >= 0.6 is 0 Å². The second-order valence-electron chi connectivity index (χ2n) is 3.64. The van der Waals surface area contributed by atoms with Crippen LogP contribution in [0.2, 0.25) is 0 Å². The maximum atomic E-state index is 11.5. The van der Waals surface area contributed by atoms with E-state index < -0.39 is 24.1 Å². The lowest BCUT2D eigenvalue weighted by molar-refractivity contribution is -0.146. The number of carbonyl (C=O) groups is 3. The minimum absolute atomic E-state index is 0.306. The number of rotatable bonds is 2. The zero-order chi connectivity index (χ0) is 13.7. The summed E-state index contributed by atoms with van der Waals surface area (Å²) in [7, 11) is 2.44. The van der Waals surface area contributed by atoms with Crippen LogP contribution in [0, 0.1) is 0 Å². The van der Waals surface area contributed by atoms with Crippen molar-refractivity contribution < 1.29 is 28.6 Å². The molecular formula is C11H15NO6. The Balaban J connectivity index is 2.93. The Morgan fingerprint density at radius 3 is 2.44 bits per heavy atom. The Hall–Kier alpha value is -2.05. The van der Waals surface area contributed by atoms with E-state index in [1.807, 2.05) is 0 Å². The van der Waals surface area contributed by atoms with Crippen LogP contribution in [0.3, 0.4) is 0 Å². The van der Waals surface area contributed by atoms with E-state index in [4.69, 9.17) is 4.74 Å². The summed E-state index contributed by atoms with van der Waals surface area (Å²) in [5.74, 6) is -0.714. The maximum Gasteiger partial charge on any atom is 0.414 e. The summed E-state index contributed by atoms with van der Waals surface area (Å²) in [4.78, 5) is 35.0. The van der Waals surface area contributed by atoms with E-state index in [9.17, 15) is 14.4 Å². The molecule has 100 valence electrons. The summed E-state index contributed by atoms with van der Waals surface area (Å²) in [6.45, 7) is 1.26. The molecule has 1 aliphatic rings. The van der Waals surface area contributed by atoms with Crippen molar-refractivity contribution in [2.24, 2.45) is 0 Å². The Morgan fingerprint density at radius 1 is 1.28 bits per heavy atom. The highest BCUT2D eigenvalue weighted by molar-refractivity contribution is 5.82. The van der Waals surface area contributed by atoms with Gasteiger partial charge in [0, 0.05) is 19.5 Å². The summed E-state index contributed by atoms with van der Waals surface area (Å²) >= 11 is 0. The van der Waals surface area contributed by atoms with Gasteiger partial charge in [-0.05, 0) is 6.42 Å². The molecule has 1 atom stereocenters. The molecule has 0 aliphatic carbocycles. The maximum absolute atomic E-state index is 11.5. The summed E-state index contributed by atoms with van der Waals surface area (Å²) in [5, 5.41) is 0. The summed E-state index contributed by atoms with van der Waals surface area (Å²) in [5.41, 5.74) is 0. The second-order valence-corrected chi connectivity index (χ2v) is 3.64. The molecule has 1 rings (SSSR count). The van der Waals surface area contributed by atoms with Crippen molar-refractivity contribution >= 4 is 18.0 Å². The third-order valence-corrected chi connectivity index (χ3v) is 2.42. The van der Waals surface area contributed by atoms with Gasteiger partial charge in [0.2, 0.25) is 0 Å². The van der Waals surface area contributed by atoms with Crippen molar-refractivity contribution in [2.45, 2.75) is 25.8 Å². The van der Waals surface area contributed by atoms with E-state index in [1.165, 1.54) is 27.3 Å². The average Bonchev–Trinajstić information content (AvgIpc) is 2.36. The quantitative estimate of drug-likeness (QED) is 0.537. The molecule has 0 bridgehead atoms. The highest BCUT2D eigenvalue weighted by Crippen LogP contribution is 2.23. The topological polar surface area (TPSA) is 82.1 Å². The normalized spacial score (nSPS) is 18.7. The fourth-order valence-corrected chi connectivity index (χ4v) is 1.64. The first-order valence-electron chi connectivity index (χ1n) is 5.32. The highest BCUT2D eigenvalue weighted by atomic mass is 16.6. The number of amides is 1. The van der Waals surface area contributed by atoms with E-state index in [-0.39, 0.29) is 0 Å². The Labute approximate surface area is 104 Å². The summed E-state index contributed by atoms with van der Waals surface area (Å²) < 4.78 is 14.1. The van der Waals surface area contributed by atoms with Crippen LogP contribution in [0.1, 0.15) is 19.8 Å². The first-order valence-corrected chi connectivity index (χ1v) is 5.32. The van der Waals surface area contributed by atoms with Crippen LogP contribution in [0.15, 0.2) is 12.0 Å². The lowest BCUT2D eigenvalue weighted by Gasteiger charge is -2.29. The standard InChI is InChI=1S/C11H15NO6/c1-7(13)18-8-4-5-9(10(14)16-2)12(6-8)11(15)17-3/h6,9H,4-5H2,1-3H3/t9-/m0/s1. The van der Waals surface area contributed by atoms with Crippen molar-refractivity contribution in [1.29, 1.82) is 0 Å².